The van der Waals surface area contributed by atoms with Gasteiger partial charge in [0.2, 0.25) is 11.8 Å². The minimum Gasteiger partial charge on any atom is -0.342 e. The lowest BCUT2D eigenvalue weighted by Crippen LogP contribution is -2.48. The average Bonchev–Trinajstić information content (AvgIpc) is 3.19. The summed E-state index contributed by atoms with van der Waals surface area (Å²) in [5.74, 6) is -2.56. The van der Waals surface area contributed by atoms with Gasteiger partial charge in [-0.1, -0.05) is 0 Å². The van der Waals surface area contributed by atoms with Gasteiger partial charge in [-0.15, -0.1) is 12.4 Å². The fourth-order valence-electron chi connectivity index (χ4n) is 4.87. The van der Waals surface area contributed by atoms with E-state index in [4.69, 9.17) is 0 Å². The van der Waals surface area contributed by atoms with Gasteiger partial charge >= 0.3 is 0 Å². The van der Waals surface area contributed by atoms with Crippen molar-refractivity contribution in [3.05, 3.63) is 0 Å². The topological polar surface area (TPSA) is 52.7 Å². The molecule has 0 bridgehead atoms. The van der Waals surface area contributed by atoms with Crippen molar-refractivity contribution in [2.45, 2.75) is 56.9 Å². The standard InChI is InChI=1S/C18H27F2N3O2.ClH/c19-18(20)11-14(21-12-18)16(25)23-8-4-17(5-9-23)10-13(17)15(24)22-6-2-1-3-7-22;/h13-14,21H,1-12H2;1H. The number of nitrogens with zero attached hydrogens (tertiary/aromatic N) is 2. The first-order valence-electron chi connectivity index (χ1n) is 9.59. The summed E-state index contributed by atoms with van der Waals surface area (Å²) in [5.41, 5.74) is 0.0678. The summed E-state index contributed by atoms with van der Waals surface area (Å²) < 4.78 is 26.6. The van der Waals surface area contributed by atoms with Crippen LogP contribution in [0.15, 0.2) is 0 Å². The van der Waals surface area contributed by atoms with Crippen LogP contribution in [0.5, 0.6) is 0 Å². The Morgan fingerprint density at radius 3 is 2.08 bits per heavy atom. The van der Waals surface area contributed by atoms with Gasteiger partial charge in [0.25, 0.3) is 5.92 Å². The molecule has 0 aromatic heterocycles. The third kappa shape index (κ3) is 3.70. The van der Waals surface area contributed by atoms with Crippen LogP contribution in [0.3, 0.4) is 0 Å². The summed E-state index contributed by atoms with van der Waals surface area (Å²) in [6.07, 6.45) is 5.61. The van der Waals surface area contributed by atoms with E-state index in [-0.39, 0.29) is 29.6 Å². The molecule has 1 saturated carbocycles. The molecule has 26 heavy (non-hydrogen) atoms. The molecule has 3 aliphatic heterocycles. The van der Waals surface area contributed by atoms with Crippen molar-refractivity contribution in [3.8, 4) is 0 Å². The van der Waals surface area contributed by atoms with E-state index in [1.807, 2.05) is 4.90 Å². The predicted molar refractivity (Wildman–Crippen MR) is 95.4 cm³/mol. The molecule has 5 nitrogen and oxygen atoms in total. The fourth-order valence-corrected chi connectivity index (χ4v) is 4.87. The van der Waals surface area contributed by atoms with Crippen LogP contribution in [0.1, 0.15) is 44.9 Å². The van der Waals surface area contributed by atoms with E-state index < -0.39 is 24.9 Å². The van der Waals surface area contributed by atoms with Gasteiger partial charge in [0.05, 0.1) is 12.6 Å². The highest BCUT2D eigenvalue weighted by Crippen LogP contribution is 2.60. The molecule has 148 valence electrons. The second-order valence-corrected chi connectivity index (χ2v) is 8.32. The zero-order valence-corrected chi connectivity index (χ0v) is 15.8. The summed E-state index contributed by atoms with van der Waals surface area (Å²) in [6.45, 7) is 2.54. The van der Waals surface area contributed by atoms with Crippen molar-refractivity contribution in [2.24, 2.45) is 11.3 Å². The number of rotatable bonds is 2. The molecule has 4 aliphatic rings. The highest BCUT2D eigenvalue weighted by atomic mass is 35.5. The van der Waals surface area contributed by atoms with Crippen LogP contribution < -0.4 is 5.32 Å². The van der Waals surface area contributed by atoms with Crippen LogP contribution in [0, 0.1) is 11.3 Å². The fraction of sp³-hybridized carbons (Fsp3) is 0.889. The quantitative estimate of drug-likeness (QED) is 0.783. The number of piperidine rings is 2. The molecule has 2 amide bonds. The van der Waals surface area contributed by atoms with Gasteiger partial charge in [-0.25, -0.2) is 8.78 Å². The molecule has 1 spiro atoms. The van der Waals surface area contributed by atoms with Crippen LogP contribution in [0.4, 0.5) is 8.78 Å². The Morgan fingerprint density at radius 2 is 1.50 bits per heavy atom. The largest absolute Gasteiger partial charge is 0.342 e. The molecular weight excluding hydrogens is 364 g/mol. The van der Waals surface area contributed by atoms with Crippen molar-refractivity contribution < 1.29 is 18.4 Å². The van der Waals surface area contributed by atoms with Crippen LogP contribution in [-0.2, 0) is 9.59 Å². The number of carbonyl (C=O) groups is 2. The highest BCUT2D eigenvalue weighted by molar-refractivity contribution is 5.85. The molecule has 1 N–H and O–H groups in total. The van der Waals surface area contributed by atoms with E-state index in [0.717, 1.165) is 45.2 Å². The molecule has 8 heteroatoms. The van der Waals surface area contributed by atoms with Crippen molar-refractivity contribution in [2.75, 3.05) is 32.7 Å². The summed E-state index contributed by atoms with van der Waals surface area (Å²) in [7, 11) is 0. The Hall–Kier alpha value is -0.950. The number of hydrogen-bond acceptors (Lipinski definition) is 3. The zero-order valence-electron chi connectivity index (χ0n) is 15.0. The summed E-state index contributed by atoms with van der Waals surface area (Å²) in [6, 6.07) is -0.756. The van der Waals surface area contributed by atoms with Gasteiger partial charge in [-0.05, 0) is 43.9 Å². The van der Waals surface area contributed by atoms with Gasteiger partial charge < -0.3 is 9.80 Å². The summed E-state index contributed by atoms with van der Waals surface area (Å²) >= 11 is 0. The first kappa shape index (κ1) is 19.8. The summed E-state index contributed by atoms with van der Waals surface area (Å²) in [4.78, 5) is 28.9. The molecule has 1 aliphatic carbocycles. The maximum atomic E-state index is 13.3. The Bertz CT molecular complexity index is 561. The van der Waals surface area contributed by atoms with E-state index >= 15 is 0 Å². The average molecular weight is 392 g/mol. The normalized spacial score (nSPS) is 32.2. The molecule has 3 heterocycles. The molecular formula is C18H28ClF2N3O2. The minimum absolute atomic E-state index is 0. The first-order chi connectivity index (χ1) is 11.9. The van der Waals surface area contributed by atoms with Crippen molar-refractivity contribution in [1.29, 1.82) is 0 Å². The lowest BCUT2D eigenvalue weighted by Gasteiger charge is -2.35. The van der Waals surface area contributed by atoms with E-state index in [9.17, 15) is 18.4 Å². The third-order valence-corrected chi connectivity index (χ3v) is 6.63. The van der Waals surface area contributed by atoms with Crippen molar-refractivity contribution >= 4 is 24.2 Å². The molecule has 2 atom stereocenters. The predicted octanol–water partition coefficient (Wildman–Crippen LogP) is 2.05. The van der Waals surface area contributed by atoms with E-state index in [2.05, 4.69) is 5.32 Å². The number of amides is 2. The molecule has 3 saturated heterocycles. The number of nitrogens with one attached hydrogen (secondary N) is 1. The Balaban J connectivity index is 0.00000196. The zero-order chi connectivity index (χ0) is 17.7. The monoisotopic (exact) mass is 391 g/mol. The Morgan fingerprint density at radius 1 is 0.885 bits per heavy atom. The van der Waals surface area contributed by atoms with Crippen molar-refractivity contribution in [3.63, 3.8) is 0 Å². The van der Waals surface area contributed by atoms with Gasteiger partial charge in [-0.2, -0.15) is 0 Å². The smallest absolute Gasteiger partial charge is 0.262 e. The number of likely N-dealkylation sites (tertiary alicyclic amines) is 2. The Labute approximate surface area is 159 Å². The van der Waals surface area contributed by atoms with E-state index in [1.165, 1.54) is 6.42 Å². The van der Waals surface area contributed by atoms with Crippen molar-refractivity contribution in [1.82, 2.24) is 15.1 Å². The van der Waals surface area contributed by atoms with Crippen LogP contribution in [-0.4, -0.2) is 66.3 Å². The maximum Gasteiger partial charge on any atom is 0.262 e. The molecule has 0 aromatic rings. The maximum absolute atomic E-state index is 13.3. The Kier molecular flexibility index (Phi) is 5.50. The summed E-state index contributed by atoms with van der Waals surface area (Å²) in [5, 5.41) is 2.65. The number of carbonyl (C=O) groups excluding carboxylic acids is 2. The second kappa shape index (κ2) is 7.23. The van der Waals surface area contributed by atoms with Gasteiger partial charge in [0.1, 0.15) is 0 Å². The SMILES string of the molecule is Cl.O=C(C1CC(F)(F)CN1)N1CCC2(CC1)CC2C(=O)N1CCCCC1. The molecule has 4 rings (SSSR count). The molecule has 0 aromatic carbocycles. The lowest BCUT2D eigenvalue weighted by atomic mass is 9.90. The second-order valence-electron chi connectivity index (χ2n) is 8.32. The molecule has 0 radical (unpaired) electrons. The van der Waals surface area contributed by atoms with E-state index in [0.29, 0.717) is 19.0 Å². The van der Waals surface area contributed by atoms with Gasteiger partial charge in [0.15, 0.2) is 0 Å². The van der Waals surface area contributed by atoms with Crippen LogP contribution in [0.25, 0.3) is 0 Å². The lowest BCUT2D eigenvalue weighted by molar-refractivity contribution is -0.136. The van der Waals surface area contributed by atoms with Gasteiger partial charge in [0, 0.05) is 38.5 Å². The number of hydrogen-bond donors (Lipinski definition) is 1. The minimum atomic E-state index is -2.78. The number of alkyl halides is 2. The molecule has 2 unspecified atom stereocenters. The highest BCUT2D eigenvalue weighted by Gasteiger charge is 2.59. The molecule has 4 fully saturated rings. The van der Waals surface area contributed by atoms with Crippen LogP contribution >= 0.6 is 12.4 Å². The van der Waals surface area contributed by atoms with Gasteiger partial charge in [-0.3, -0.25) is 14.9 Å². The first-order valence-corrected chi connectivity index (χ1v) is 9.59. The van der Waals surface area contributed by atoms with E-state index in [1.54, 1.807) is 4.90 Å². The number of halogens is 3. The van der Waals surface area contributed by atoms with Crippen LogP contribution in [0.2, 0.25) is 0 Å². The third-order valence-electron chi connectivity index (χ3n) is 6.63.